The molecule has 5 rings (SSSR count). The fourth-order valence-electron chi connectivity index (χ4n) is 4.07. The number of fused-ring (bicyclic) bond motifs is 1. The maximum Gasteiger partial charge on any atom is 0.255 e. The number of epoxide rings is 1. The first-order valence-corrected chi connectivity index (χ1v) is 10.5. The fraction of sp³-hybridized carbons (Fsp3) is 0.348. The number of carbonyl (C=O) groups excluding carboxylic acids is 2. The monoisotopic (exact) mass is 433 g/mol. The van der Waals surface area contributed by atoms with E-state index in [1.165, 1.54) is 6.92 Å². The van der Waals surface area contributed by atoms with Gasteiger partial charge in [0.1, 0.15) is 12.1 Å². The van der Waals surface area contributed by atoms with Crippen molar-refractivity contribution >= 4 is 28.4 Å². The van der Waals surface area contributed by atoms with Crippen LogP contribution in [-0.2, 0) is 14.3 Å². The number of Topliss-reactive ketones (excluding diaryl/α,β-unsaturated/α-hetero) is 1. The Kier molecular flexibility index (Phi) is 5.18. The van der Waals surface area contributed by atoms with Crippen molar-refractivity contribution < 1.29 is 19.1 Å². The Morgan fingerprint density at radius 2 is 1.78 bits per heavy atom. The molecular weight excluding hydrogens is 410 g/mol. The van der Waals surface area contributed by atoms with E-state index in [1.807, 2.05) is 24.3 Å². The molecule has 2 aliphatic rings. The maximum absolute atomic E-state index is 12.6. The standard InChI is InChI=1S/C23H23N5O4/c1-14(29)20-21(32-20)23(30)28-9-7-27(8-10-28)22-17-11-15(3-5-18(17)25-13-26-22)16-4-6-19(31-2)24-12-16/h3-6,11-13,20-21H,7-10H2,1-2H3. The Balaban J connectivity index is 1.35. The average molecular weight is 433 g/mol. The van der Waals surface area contributed by atoms with Gasteiger partial charge in [-0.3, -0.25) is 9.59 Å². The van der Waals surface area contributed by atoms with Gasteiger partial charge in [-0.2, -0.15) is 0 Å². The molecule has 2 aromatic heterocycles. The molecule has 2 saturated heterocycles. The van der Waals surface area contributed by atoms with E-state index in [0.717, 1.165) is 27.8 Å². The van der Waals surface area contributed by atoms with E-state index in [9.17, 15) is 9.59 Å². The van der Waals surface area contributed by atoms with E-state index in [0.29, 0.717) is 32.1 Å². The largest absolute Gasteiger partial charge is 0.481 e. The zero-order valence-corrected chi connectivity index (χ0v) is 17.9. The molecule has 0 radical (unpaired) electrons. The van der Waals surface area contributed by atoms with E-state index >= 15 is 0 Å². The molecule has 32 heavy (non-hydrogen) atoms. The fourth-order valence-corrected chi connectivity index (χ4v) is 4.07. The summed E-state index contributed by atoms with van der Waals surface area (Å²) in [7, 11) is 1.59. The van der Waals surface area contributed by atoms with Gasteiger partial charge >= 0.3 is 0 Å². The molecule has 0 saturated carbocycles. The van der Waals surface area contributed by atoms with Crippen molar-refractivity contribution in [3.8, 4) is 17.0 Å². The van der Waals surface area contributed by atoms with E-state index in [-0.39, 0.29) is 11.7 Å². The summed E-state index contributed by atoms with van der Waals surface area (Å²) in [5, 5.41) is 0.947. The SMILES string of the molecule is COc1ccc(-c2ccc3ncnc(N4CCN(C(=O)C5OC5C(C)=O)CC4)c3c2)cn1. The van der Waals surface area contributed by atoms with Crippen molar-refractivity contribution in [3.05, 3.63) is 42.9 Å². The van der Waals surface area contributed by atoms with E-state index in [2.05, 4.69) is 25.9 Å². The Labute approximate surface area is 185 Å². The summed E-state index contributed by atoms with van der Waals surface area (Å²) < 4.78 is 10.4. The number of methoxy groups -OCH3 is 1. The normalized spacial score (nSPS) is 20.3. The third-order valence-corrected chi connectivity index (χ3v) is 5.92. The molecular formula is C23H23N5O4. The molecule has 0 aliphatic carbocycles. The van der Waals surface area contributed by atoms with Crippen LogP contribution in [0.2, 0.25) is 0 Å². The van der Waals surface area contributed by atoms with Gasteiger partial charge in [0.25, 0.3) is 5.91 Å². The van der Waals surface area contributed by atoms with Crippen LogP contribution in [0.4, 0.5) is 5.82 Å². The lowest BCUT2D eigenvalue weighted by molar-refractivity contribution is -0.133. The van der Waals surface area contributed by atoms with Gasteiger partial charge in [0.15, 0.2) is 18.0 Å². The van der Waals surface area contributed by atoms with Crippen molar-refractivity contribution in [2.75, 3.05) is 38.2 Å². The van der Waals surface area contributed by atoms with Crippen LogP contribution in [0.25, 0.3) is 22.0 Å². The van der Waals surface area contributed by atoms with Crippen LogP contribution >= 0.6 is 0 Å². The number of amides is 1. The lowest BCUT2D eigenvalue weighted by atomic mass is 10.0. The molecule has 4 heterocycles. The number of ketones is 1. The second kappa shape index (κ2) is 8.16. The van der Waals surface area contributed by atoms with Gasteiger partial charge in [-0.05, 0) is 30.7 Å². The van der Waals surface area contributed by atoms with E-state index in [4.69, 9.17) is 9.47 Å². The molecule has 2 aliphatic heterocycles. The lowest BCUT2D eigenvalue weighted by Crippen LogP contribution is -2.50. The van der Waals surface area contributed by atoms with Gasteiger partial charge < -0.3 is 19.3 Å². The Hall–Kier alpha value is -3.59. The molecule has 2 atom stereocenters. The molecule has 9 heteroatoms. The zero-order chi connectivity index (χ0) is 22.2. The number of nitrogens with zero attached hydrogens (tertiary/aromatic N) is 5. The number of anilines is 1. The number of rotatable bonds is 5. The molecule has 0 bridgehead atoms. The Bertz CT molecular complexity index is 1170. The minimum atomic E-state index is -0.611. The average Bonchev–Trinajstić information content (AvgIpc) is 3.64. The second-order valence-corrected chi connectivity index (χ2v) is 7.92. The van der Waals surface area contributed by atoms with Crippen LogP contribution in [0.1, 0.15) is 6.92 Å². The predicted octanol–water partition coefficient (Wildman–Crippen LogP) is 1.71. The summed E-state index contributed by atoms with van der Waals surface area (Å²) >= 11 is 0. The number of hydrogen-bond donors (Lipinski definition) is 0. The number of benzene rings is 1. The first-order chi connectivity index (χ1) is 15.5. The van der Waals surface area contributed by atoms with Gasteiger partial charge in [0, 0.05) is 49.4 Å². The maximum atomic E-state index is 12.6. The van der Waals surface area contributed by atoms with Gasteiger partial charge in [-0.1, -0.05) is 6.07 Å². The molecule has 0 N–H and O–H groups in total. The van der Waals surface area contributed by atoms with Gasteiger partial charge in [0.05, 0.1) is 12.6 Å². The molecule has 1 amide bonds. The van der Waals surface area contributed by atoms with Crippen LogP contribution < -0.4 is 9.64 Å². The van der Waals surface area contributed by atoms with E-state index < -0.39 is 12.2 Å². The van der Waals surface area contributed by atoms with Crippen molar-refractivity contribution in [2.24, 2.45) is 0 Å². The van der Waals surface area contributed by atoms with E-state index in [1.54, 1.807) is 24.5 Å². The molecule has 1 aromatic carbocycles. The molecule has 0 spiro atoms. The topological polar surface area (TPSA) is 101 Å². The van der Waals surface area contributed by atoms with Crippen molar-refractivity contribution in [1.29, 1.82) is 0 Å². The first kappa shape index (κ1) is 20.3. The Morgan fingerprint density at radius 3 is 2.44 bits per heavy atom. The number of hydrogen-bond acceptors (Lipinski definition) is 8. The van der Waals surface area contributed by atoms with Crippen LogP contribution in [0.5, 0.6) is 5.88 Å². The number of ether oxygens (including phenoxy) is 2. The lowest BCUT2D eigenvalue weighted by Gasteiger charge is -2.35. The summed E-state index contributed by atoms with van der Waals surface area (Å²) in [6.07, 6.45) is 2.17. The van der Waals surface area contributed by atoms with Crippen molar-refractivity contribution in [2.45, 2.75) is 19.1 Å². The number of piperazine rings is 1. The summed E-state index contributed by atoms with van der Waals surface area (Å²) in [6, 6.07) is 9.86. The molecule has 2 fully saturated rings. The molecule has 2 unspecified atom stereocenters. The number of aromatic nitrogens is 3. The first-order valence-electron chi connectivity index (χ1n) is 10.5. The highest BCUT2D eigenvalue weighted by Gasteiger charge is 2.50. The smallest absolute Gasteiger partial charge is 0.255 e. The molecule has 164 valence electrons. The highest BCUT2D eigenvalue weighted by molar-refractivity contribution is 5.95. The number of carbonyl (C=O) groups is 2. The minimum Gasteiger partial charge on any atom is -0.481 e. The highest BCUT2D eigenvalue weighted by atomic mass is 16.6. The van der Waals surface area contributed by atoms with Crippen LogP contribution in [0.3, 0.4) is 0 Å². The van der Waals surface area contributed by atoms with Gasteiger partial charge in [0.2, 0.25) is 5.88 Å². The summed E-state index contributed by atoms with van der Waals surface area (Å²) in [5.74, 6) is 1.20. The van der Waals surface area contributed by atoms with Crippen LogP contribution in [-0.4, -0.2) is 77.0 Å². The predicted molar refractivity (Wildman–Crippen MR) is 117 cm³/mol. The van der Waals surface area contributed by atoms with Crippen LogP contribution in [0.15, 0.2) is 42.9 Å². The van der Waals surface area contributed by atoms with Gasteiger partial charge in [-0.25, -0.2) is 15.0 Å². The van der Waals surface area contributed by atoms with Crippen molar-refractivity contribution in [1.82, 2.24) is 19.9 Å². The van der Waals surface area contributed by atoms with Crippen LogP contribution in [0, 0.1) is 0 Å². The van der Waals surface area contributed by atoms with Gasteiger partial charge in [-0.15, -0.1) is 0 Å². The summed E-state index contributed by atoms with van der Waals surface area (Å²) in [4.78, 5) is 41.2. The molecule has 3 aromatic rings. The zero-order valence-electron chi connectivity index (χ0n) is 17.9. The summed E-state index contributed by atoms with van der Waals surface area (Å²) in [5.41, 5.74) is 2.84. The summed E-state index contributed by atoms with van der Waals surface area (Å²) in [6.45, 7) is 3.84. The minimum absolute atomic E-state index is 0.0997. The van der Waals surface area contributed by atoms with Crippen molar-refractivity contribution in [3.63, 3.8) is 0 Å². The molecule has 9 nitrogen and oxygen atoms in total. The second-order valence-electron chi connectivity index (χ2n) is 7.92. The number of pyridine rings is 1. The third-order valence-electron chi connectivity index (χ3n) is 5.92. The highest BCUT2D eigenvalue weighted by Crippen LogP contribution is 2.30. The quantitative estimate of drug-likeness (QED) is 0.561. The third kappa shape index (κ3) is 3.75. The Morgan fingerprint density at radius 1 is 1.00 bits per heavy atom.